The Morgan fingerprint density at radius 2 is 1.95 bits per heavy atom. The van der Waals surface area contributed by atoms with Crippen molar-refractivity contribution in [1.82, 2.24) is 9.88 Å². The summed E-state index contributed by atoms with van der Waals surface area (Å²) in [6, 6.07) is 12.3. The maximum absolute atomic E-state index is 12.3. The number of aromatic nitrogens is 1. The van der Waals surface area contributed by atoms with Crippen LogP contribution in [0.25, 0.3) is 0 Å². The Kier molecular flexibility index (Phi) is 3.01. The van der Waals surface area contributed by atoms with E-state index in [1.54, 1.807) is 6.92 Å². The fourth-order valence-corrected chi connectivity index (χ4v) is 4.20. The predicted octanol–water partition coefficient (Wildman–Crippen LogP) is 2.60. The van der Waals surface area contributed by atoms with Crippen LogP contribution in [0.5, 0.6) is 0 Å². The van der Waals surface area contributed by atoms with Crippen LogP contribution in [0, 0.1) is 0 Å². The third kappa shape index (κ3) is 1.80. The molecular formula is C18H19N3O. The van der Waals surface area contributed by atoms with Crippen LogP contribution < -0.4 is 5.32 Å². The zero-order valence-electron chi connectivity index (χ0n) is 12.7. The lowest BCUT2D eigenvalue weighted by molar-refractivity contribution is -0.121. The van der Waals surface area contributed by atoms with Crippen molar-refractivity contribution in [3.05, 3.63) is 59.9 Å². The summed E-state index contributed by atoms with van der Waals surface area (Å²) in [5, 5.41) is 3.56. The second-order valence-electron chi connectivity index (χ2n) is 6.24. The number of likely N-dealkylation sites (N-methyl/N-ethyl adjacent to an activating group) is 1. The Morgan fingerprint density at radius 1 is 1.18 bits per heavy atom. The van der Waals surface area contributed by atoms with E-state index < -0.39 is 0 Å². The fraction of sp³-hybridized carbons (Fsp3) is 0.333. The number of pyridine rings is 1. The lowest BCUT2D eigenvalue weighted by Crippen LogP contribution is -2.41. The Bertz CT molecular complexity index is 715. The van der Waals surface area contributed by atoms with Gasteiger partial charge in [-0.25, -0.2) is 0 Å². The number of benzene rings is 1. The quantitative estimate of drug-likeness (QED) is 0.924. The lowest BCUT2D eigenvalue weighted by Gasteiger charge is -2.26. The Morgan fingerprint density at radius 3 is 2.68 bits per heavy atom. The first kappa shape index (κ1) is 13.5. The molecule has 1 saturated heterocycles. The van der Waals surface area contributed by atoms with Crippen LogP contribution in [-0.2, 0) is 4.79 Å². The number of carbonyl (C=O) groups is 1. The highest BCUT2D eigenvalue weighted by Gasteiger charge is 2.53. The highest BCUT2D eigenvalue weighted by atomic mass is 16.1. The number of nitrogens with one attached hydrogen (secondary N) is 1. The number of rotatable bonds is 2. The molecule has 4 unspecified atom stereocenters. The zero-order valence-corrected chi connectivity index (χ0v) is 12.7. The summed E-state index contributed by atoms with van der Waals surface area (Å²) in [5.41, 5.74) is 3.58. The smallest absolute Gasteiger partial charge is 0.147 e. The van der Waals surface area contributed by atoms with Gasteiger partial charge in [0.15, 0.2) is 0 Å². The minimum Gasteiger partial charge on any atom is -0.369 e. The van der Waals surface area contributed by atoms with Gasteiger partial charge in [0.05, 0.1) is 12.2 Å². The van der Waals surface area contributed by atoms with E-state index in [0.29, 0.717) is 0 Å². The molecule has 112 valence electrons. The van der Waals surface area contributed by atoms with Crippen LogP contribution in [-0.4, -0.2) is 34.9 Å². The summed E-state index contributed by atoms with van der Waals surface area (Å²) in [6.07, 6.45) is 3.91. The minimum absolute atomic E-state index is 0.0988. The molecular weight excluding hydrogens is 274 g/mol. The molecule has 0 radical (unpaired) electrons. The highest BCUT2D eigenvalue weighted by Crippen LogP contribution is 2.52. The number of nitrogens with zero attached hydrogens (tertiary/aromatic N) is 2. The number of carbonyl (C=O) groups excluding carboxylic acids is 1. The van der Waals surface area contributed by atoms with E-state index in [2.05, 4.69) is 27.3 Å². The monoisotopic (exact) mass is 293 g/mol. The van der Waals surface area contributed by atoms with Gasteiger partial charge in [-0.05, 0) is 25.6 Å². The number of Topliss-reactive ketones (excluding diaryl/α,β-unsaturated/α-hetero) is 1. The van der Waals surface area contributed by atoms with Crippen LogP contribution in [0.2, 0.25) is 0 Å². The molecule has 22 heavy (non-hydrogen) atoms. The van der Waals surface area contributed by atoms with Gasteiger partial charge in [-0.2, -0.15) is 0 Å². The van der Waals surface area contributed by atoms with Gasteiger partial charge in [0.25, 0.3) is 0 Å². The first-order valence-corrected chi connectivity index (χ1v) is 7.66. The molecule has 4 nitrogen and oxygen atoms in total. The van der Waals surface area contributed by atoms with Gasteiger partial charge in [-0.3, -0.25) is 14.7 Å². The number of fused-ring (bicyclic) bond motifs is 3. The number of anilines is 1. The van der Waals surface area contributed by atoms with Crippen molar-refractivity contribution in [1.29, 1.82) is 0 Å². The van der Waals surface area contributed by atoms with Crippen molar-refractivity contribution in [3.63, 3.8) is 0 Å². The Labute approximate surface area is 130 Å². The Hall–Kier alpha value is -2.20. The van der Waals surface area contributed by atoms with Crippen LogP contribution in [0.4, 0.5) is 5.69 Å². The van der Waals surface area contributed by atoms with E-state index in [0.717, 1.165) is 5.69 Å². The third-order valence-electron chi connectivity index (χ3n) is 5.06. The number of hydrogen-bond donors (Lipinski definition) is 1. The van der Waals surface area contributed by atoms with Crippen molar-refractivity contribution in [3.8, 4) is 0 Å². The standard InChI is InChI=1S/C18H19N3O/c1-11(22)17-15(12-6-4-3-5-7-12)16-13-10-19-9-8-14(13)20-18(16)21(17)2/h3-10,15-18,20H,1-2H3. The van der Waals surface area contributed by atoms with Crippen LogP contribution >= 0.6 is 0 Å². The largest absolute Gasteiger partial charge is 0.369 e. The molecule has 4 heteroatoms. The highest BCUT2D eigenvalue weighted by molar-refractivity contribution is 5.84. The molecule has 2 aromatic rings. The van der Waals surface area contributed by atoms with E-state index in [4.69, 9.17) is 0 Å². The molecule has 1 N–H and O–H groups in total. The van der Waals surface area contributed by atoms with Crippen LogP contribution in [0.3, 0.4) is 0 Å². The molecule has 0 saturated carbocycles. The molecule has 0 bridgehead atoms. The summed E-state index contributed by atoms with van der Waals surface area (Å²) < 4.78 is 0. The fourth-order valence-electron chi connectivity index (χ4n) is 4.20. The second-order valence-corrected chi connectivity index (χ2v) is 6.24. The second kappa shape index (κ2) is 4.92. The van der Waals surface area contributed by atoms with Crippen molar-refractivity contribution in [2.75, 3.05) is 12.4 Å². The molecule has 3 heterocycles. The van der Waals surface area contributed by atoms with Crippen molar-refractivity contribution < 1.29 is 4.79 Å². The van der Waals surface area contributed by atoms with Gasteiger partial charge in [0.2, 0.25) is 0 Å². The van der Waals surface area contributed by atoms with Crippen molar-refractivity contribution >= 4 is 11.5 Å². The van der Waals surface area contributed by atoms with Crippen LogP contribution in [0.15, 0.2) is 48.8 Å². The number of ketones is 1. The summed E-state index contributed by atoms with van der Waals surface area (Å²) in [6.45, 7) is 1.70. The van der Waals surface area contributed by atoms with E-state index in [1.807, 2.05) is 43.7 Å². The van der Waals surface area contributed by atoms with Gasteiger partial charge < -0.3 is 5.32 Å². The van der Waals surface area contributed by atoms with E-state index in [1.165, 1.54) is 11.1 Å². The van der Waals surface area contributed by atoms with Gasteiger partial charge in [-0.1, -0.05) is 30.3 Å². The van der Waals surface area contributed by atoms with Gasteiger partial charge in [0, 0.05) is 35.5 Å². The van der Waals surface area contributed by atoms with Crippen molar-refractivity contribution in [2.45, 2.75) is 31.0 Å². The number of hydrogen-bond acceptors (Lipinski definition) is 4. The number of likely N-dealkylation sites (tertiary alicyclic amines) is 1. The van der Waals surface area contributed by atoms with Gasteiger partial charge in [0.1, 0.15) is 5.78 Å². The van der Waals surface area contributed by atoms with Gasteiger partial charge >= 0.3 is 0 Å². The molecule has 0 amide bonds. The maximum Gasteiger partial charge on any atom is 0.147 e. The maximum atomic E-state index is 12.3. The average molecular weight is 293 g/mol. The van der Waals surface area contributed by atoms with Gasteiger partial charge in [-0.15, -0.1) is 0 Å². The molecule has 1 fully saturated rings. The molecule has 1 aromatic heterocycles. The predicted molar refractivity (Wildman–Crippen MR) is 85.8 cm³/mol. The lowest BCUT2D eigenvalue weighted by atomic mass is 9.80. The van der Waals surface area contributed by atoms with Crippen LogP contribution in [0.1, 0.15) is 29.9 Å². The summed E-state index contributed by atoms with van der Waals surface area (Å²) in [4.78, 5) is 18.8. The molecule has 4 rings (SSSR count). The molecule has 2 aliphatic heterocycles. The average Bonchev–Trinajstić information content (AvgIpc) is 3.04. The molecule has 4 atom stereocenters. The molecule has 0 spiro atoms. The molecule has 1 aromatic carbocycles. The van der Waals surface area contributed by atoms with E-state index in [9.17, 15) is 4.79 Å². The first-order valence-electron chi connectivity index (χ1n) is 7.66. The summed E-state index contributed by atoms with van der Waals surface area (Å²) in [5.74, 6) is 0.634. The molecule has 0 aliphatic carbocycles. The van der Waals surface area contributed by atoms with E-state index >= 15 is 0 Å². The SMILES string of the molecule is CC(=O)C1C(c2ccccc2)C2c3cnccc3NC2N1C. The first-order chi connectivity index (χ1) is 10.7. The normalized spacial score (nSPS) is 29.7. The van der Waals surface area contributed by atoms with E-state index in [-0.39, 0.29) is 29.8 Å². The topological polar surface area (TPSA) is 45.2 Å². The third-order valence-corrected chi connectivity index (χ3v) is 5.06. The minimum atomic E-state index is -0.0988. The zero-order chi connectivity index (χ0) is 15.3. The summed E-state index contributed by atoms with van der Waals surface area (Å²) >= 11 is 0. The molecule has 2 aliphatic rings. The summed E-state index contributed by atoms with van der Waals surface area (Å²) in [7, 11) is 2.04. The van der Waals surface area contributed by atoms with Crippen molar-refractivity contribution in [2.24, 2.45) is 0 Å². The Balaban J connectivity index is 1.86.